The van der Waals surface area contributed by atoms with Gasteiger partial charge in [-0.2, -0.15) is 0 Å². The van der Waals surface area contributed by atoms with Crippen LogP contribution in [0.25, 0.3) is 0 Å². The molecule has 1 rings (SSSR count). The Morgan fingerprint density at radius 3 is 2.52 bits per heavy atom. The van der Waals surface area contributed by atoms with E-state index in [-0.39, 0.29) is 36.4 Å². The Morgan fingerprint density at radius 1 is 1.48 bits per heavy atom. The van der Waals surface area contributed by atoms with E-state index in [1.165, 1.54) is 0 Å². The highest BCUT2D eigenvalue weighted by atomic mass is 35.5. The lowest BCUT2D eigenvalue weighted by Crippen LogP contribution is -2.75. The Kier molecular flexibility index (Phi) is 8.18. The molecule has 3 unspecified atom stereocenters. The minimum atomic E-state index is -0.857. The molecule has 6 heteroatoms. The van der Waals surface area contributed by atoms with Gasteiger partial charge >= 0.3 is 0 Å². The number of halogens is 1. The average Bonchev–Trinajstić information content (AvgIpc) is 2.42. The fraction of sp³-hybridized carbons (Fsp3) is 0.933. The number of rotatable bonds is 8. The third-order valence-corrected chi connectivity index (χ3v) is 4.90. The summed E-state index contributed by atoms with van der Waals surface area (Å²) < 4.78 is 5.63. The highest BCUT2D eigenvalue weighted by molar-refractivity contribution is 5.88. The van der Waals surface area contributed by atoms with E-state index in [2.05, 4.69) is 12.2 Å². The van der Waals surface area contributed by atoms with E-state index in [1.54, 1.807) is 0 Å². The first kappa shape index (κ1) is 20.6. The number of ether oxygens (including phenoxy) is 1. The normalized spacial score (nSPS) is 28.2. The van der Waals surface area contributed by atoms with E-state index in [9.17, 15) is 4.79 Å². The molecule has 0 radical (unpaired) electrons. The van der Waals surface area contributed by atoms with Crippen molar-refractivity contribution in [3.63, 3.8) is 0 Å². The van der Waals surface area contributed by atoms with Crippen molar-refractivity contribution in [3.05, 3.63) is 0 Å². The summed E-state index contributed by atoms with van der Waals surface area (Å²) in [6, 6.07) is 0. The Morgan fingerprint density at radius 2 is 2.10 bits per heavy atom. The summed E-state index contributed by atoms with van der Waals surface area (Å²) in [5.74, 6) is 0.202. The minimum absolute atomic E-state index is 0. The summed E-state index contributed by atoms with van der Waals surface area (Å²) in [6.07, 6.45) is 2.25. The molecule has 1 aliphatic carbocycles. The zero-order valence-electron chi connectivity index (χ0n) is 13.6. The van der Waals surface area contributed by atoms with Crippen LogP contribution < -0.4 is 11.1 Å². The zero-order chi connectivity index (χ0) is 15.4. The van der Waals surface area contributed by atoms with Crippen molar-refractivity contribution in [1.82, 2.24) is 5.32 Å². The monoisotopic (exact) mass is 322 g/mol. The van der Waals surface area contributed by atoms with Crippen molar-refractivity contribution < 1.29 is 14.6 Å². The standard InChI is InChI=1S/C15H30N2O3.ClH/c1-5-11(7-8-18)10-17-13(19)15(16)9-12(20-6-2)14(15,3)4;/h11-12,18H,5-10,16H2,1-4H3,(H,17,19);1H. The number of aliphatic hydroxyl groups is 1. The Labute approximate surface area is 134 Å². The van der Waals surface area contributed by atoms with E-state index >= 15 is 0 Å². The van der Waals surface area contributed by atoms with Crippen LogP contribution in [0.5, 0.6) is 0 Å². The van der Waals surface area contributed by atoms with Crippen molar-refractivity contribution >= 4 is 18.3 Å². The number of nitrogens with two attached hydrogens (primary N) is 1. The number of amides is 1. The van der Waals surface area contributed by atoms with Gasteiger partial charge in [0, 0.05) is 31.6 Å². The fourth-order valence-electron chi connectivity index (χ4n) is 2.85. The maximum absolute atomic E-state index is 12.4. The molecule has 0 aromatic rings. The summed E-state index contributed by atoms with van der Waals surface area (Å²) in [6.45, 7) is 9.35. The summed E-state index contributed by atoms with van der Waals surface area (Å²) >= 11 is 0. The first-order valence-corrected chi connectivity index (χ1v) is 7.63. The van der Waals surface area contributed by atoms with Gasteiger partial charge in [-0.1, -0.05) is 27.2 Å². The number of nitrogens with one attached hydrogen (secondary N) is 1. The molecule has 0 aromatic heterocycles. The lowest BCUT2D eigenvalue weighted by molar-refractivity contribution is -0.170. The predicted octanol–water partition coefficient (Wildman–Crippen LogP) is 1.47. The van der Waals surface area contributed by atoms with Crippen molar-refractivity contribution in [3.8, 4) is 0 Å². The molecule has 4 N–H and O–H groups in total. The van der Waals surface area contributed by atoms with Gasteiger partial charge < -0.3 is 20.9 Å². The molecule has 1 fully saturated rings. The molecule has 3 atom stereocenters. The first-order chi connectivity index (χ1) is 9.33. The van der Waals surface area contributed by atoms with Crippen LogP contribution in [0.1, 0.15) is 47.0 Å². The topological polar surface area (TPSA) is 84.6 Å². The number of carbonyl (C=O) groups excluding carboxylic acids is 1. The minimum Gasteiger partial charge on any atom is -0.396 e. The number of aliphatic hydroxyl groups excluding tert-OH is 1. The van der Waals surface area contributed by atoms with Gasteiger partial charge in [0.05, 0.1) is 6.10 Å². The molecular formula is C15H31ClN2O3. The molecule has 0 bridgehead atoms. The number of carbonyl (C=O) groups is 1. The molecule has 1 saturated carbocycles. The molecule has 0 aromatic carbocycles. The highest BCUT2D eigenvalue weighted by Crippen LogP contribution is 2.49. The molecule has 126 valence electrons. The molecule has 0 heterocycles. The quantitative estimate of drug-likeness (QED) is 0.631. The number of hydrogen-bond donors (Lipinski definition) is 3. The largest absolute Gasteiger partial charge is 0.396 e. The van der Waals surface area contributed by atoms with E-state index in [1.807, 2.05) is 20.8 Å². The number of hydrogen-bond acceptors (Lipinski definition) is 4. The van der Waals surface area contributed by atoms with Crippen molar-refractivity contribution in [1.29, 1.82) is 0 Å². The predicted molar refractivity (Wildman–Crippen MR) is 86.5 cm³/mol. The average molecular weight is 323 g/mol. The molecule has 0 spiro atoms. The van der Waals surface area contributed by atoms with E-state index in [4.69, 9.17) is 15.6 Å². The van der Waals surface area contributed by atoms with Gasteiger partial charge in [0.1, 0.15) is 5.54 Å². The fourth-order valence-corrected chi connectivity index (χ4v) is 2.85. The summed E-state index contributed by atoms with van der Waals surface area (Å²) in [5.41, 5.74) is 5.09. The van der Waals surface area contributed by atoms with Crippen molar-refractivity contribution in [2.24, 2.45) is 17.1 Å². The van der Waals surface area contributed by atoms with Gasteiger partial charge in [-0.05, 0) is 19.3 Å². The highest BCUT2D eigenvalue weighted by Gasteiger charge is 2.62. The molecule has 5 nitrogen and oxygen atoms in total. The van der Waals surface area contributed by atoms with Gasteiger partial charge in [0.15, 0.2) is 0 Å². The van der Waals surface area contributed by atoms with Crippen LogP contribution >= 0.6 is 12.4 Å². The lowest BCUT2D eigenvalue weighted by atomic mass is 9.54. The molecular weight excluding hydrogens is 292 g/mol. The third kappa shape index (κ3) is 4.09. The smallest absolute Gasteiger partial charge is 0.240 e. The van der Waals surface area contributed by atoms with Crippen LogP contribution in [0.15, 0.2) is 0 Å². The van der Waals surface area contributed by atoms with Gasteiger partial charge in [0.2, 0.25) is 5.91 Å². The van der Waals surface area contributed by atoms with Crippen molar-refractivity contribution in [2.75, 3.05) is 19.8 Å². The second kappa shape index (κ2) is 8.32. The van der Waals surface area contributed by atoms with Crippen LogP contribution in [0.4, 0.5) is 0 Å². The summed E-state index contributed by atoms with van der Waals surface area (Å²) in [7, 11) is 0. The second-order valence-electron chi connectivity index (χ2n) is 6.34. The van der Waals surface area contributed by atoms with E-state index < -0.39 is 5.54 Å². The summed E-state index contributed by atoms with van der Waals surface area (Å²) in [5, 5.41) is 11.9. The van der Waals surface area contributed by atoms with Crippen LogP contribution in [-0.4, -0.2) is 42.4 Å². The van der Waals surface area contributed by atoms with Crippen LogP contribution in [0.3, 0.4) is 0 Å². The maximum Gasteiger partial charge on any atom is 0.240 e. The van der Waals surface area contributed by atoms with Crippen LogP contribution in [0, 0.1) is 11.3 Å². The molecule has 21 heavy (non-hydrogen) atoms. The van der Waals surface area contributed by atoms with Gasteiger partial charge in [-0.15, -0.1) is 12.4 Å². The molecule has 1 amide bonds. The van der Waals surface area contributed by atoms with Gasteiger partial charge in [0.25, 0.3) is 0 Å². The van der Waals surface area contributed by atoms with E-state index in [0.29, 0.717) is 31.9 Å². The van der Waals surface area contributed by atoms with Crippen molar-refractivity contribution in [2.45, 2.75) is 58.6 Å². The first-order valence-electron chi connectivity index (χ1n) is 7.63. The zero-order valence-corrected chi connectivity index (χ0v) is 14.5. The second-order valence-corrected chi connectivity index (χ2v) is 6.34. The molecule has 0 aliphatic heterocycles. The Bertz CT molecular complexity index is 339. The summed E-state index contributed by atoms with van der Waals surface area (Å²) in [4.78, 5) is 12.4. The molecule has 0 saturated heterocycles. The maximum atomic E-state index is 12.4. The third-order valence-electron chi connectivity index (χ3n) is 4.90. The Balaban J connectivity index is 0.00000400. The van der Waals surface area contributed by atoms with Gasteiger partial charge in [-0.25, -0.2) is 0 Å². The SMILES string of the molecule is CCOC1CC(N)(C(=O)NCC(CC)CCO)C1(C)C.Cl. The molecule has 1 aliphatic rings. The van der Waals surface area contributed by atoms with Crippen LogP contribution in [0.2, 0.25) is 0 Å². The van der Waals surface area contributed by atoms with E-state index in [0.717, 1.165) is 6.42 Å². The lowest BCUT2D eigenvalue weighted by Gasteiger charge is -2.57. The van der Waals surface area contributed by atoms with Gasteiger partial charge in [-0.3, -0.25) is 4.79 Å². The Hall–Kier alpha value is -0.360. The van der Waals surface area contributed by atoms with Crippen LogP contribution in [-0.2, 0) is 9.53 Å².